The van der Waals surface area contributed by atoms with Crippen molar-refractivity contribution in [2.45, 2.75) is 27.3 Å². The van der Waals surface area contributed by atoms with Crippen molar-refractivity contribution in [2.75, 3.05) is 5.32 Å². The first-order valence-electron chi connectivity index (χ1n) is 8.65. The van der Waals surface area contributed by atoms with E-state index in [4.69, 9.17) is 0 Å². The highest BCUT2D eigenvalue weighted by molar-refractivity contribution is 5.94. The maximum atomic E-state index is 12.5. The molecule has 0 saturated carbocycles. The van der Waals surface area contributed by atoms with E-state index >= 15 is 0 Å². The predicted octanol–water partition coefficient (Wildman–Crippen LogP) is 4.68. The van der Waals surface area contributed by atoms with Crippen LogP contribution >= 0.6 is 0 Å². The summed E-state index contributed by atoms with van der Waals surface area (Å²) in [6.45, 7) is 6.64. The number of pyridine rings is 1. The second-order valence-electron chi connectivity index (χ2n) is 6.51. The summed E-state index contributed by atoms with van der Waals surface area (Å²) in [6.07, 6.45) is 3.31. The van der Waals surface area contributed by atoms with Crippen LogP contribution in [0.15, 0.2) is 60.9 Å². The first-order chi connectivity index (χ1) is 12.5. The number of benzene rings is 2. The number of hydrogen-bond acceptors (Lipinski definition) is 3. The second-order valence-corrected chi connectivity index (χ2v) is 6.51. The molecule has 2 aromatic carbocycles. The number of amides is 1. The smallest absolute Gasteiger partial charge is 0.253 e. The largest absolute Gasteiger partial charge is 0.354 e. The van der Waals surface area contributed by atoms with E-state index in [2.05, 4.69) is 40.7 Å². The van der Waals surface area contributed by atoms with E-state index in [0.717, 1.165) is 28.1 Å². The number of carbonyl (C=O) groups excluding carboxylic acids is 1. The standard InChI is InChI=1S/C22H23N3O/c1-15-8-9-17(3)21(10-15)25-20-11-19(12-23-14-20)22(26)24-13-18-7-5-4-6-16(18)2/h4-12,14,25H,13H2,1-3H3,(H,24,26). The van der Waals surface area contributed by atoms with Crippen LogP contribution < -0.4 is 10.6 Å². The molecule has 4 heteroatoms. The molecule has 0 atom stereocenters. The number of carbonyl (C=O) groups is 1. The molecule has 0 radical (unpaired) electrons. The highest BCUT2D eigenvalue weighted by Crippen LogP contribution is 2.22. The Morgan fingerprint density at radius 1 is 0.962 bits per heavy atom. The Morgan fingerprint density at radius 2 is 1.77 bits per heavy atom. The molecular weight excluding hydrogens is 322 g/mol. The molecule has 3 rings (SSSR count). The molecule has 1 amide bonds. The lowest BCUT2D eigenvalue weighted by molar-refractivity contribution is 0.0950. The average molecular weight is 345 g/mol. The molecule has 0 fully saturated rings. The van der Waals surface area contributed by atoms with Crippen LogP contribution in [0.2, 0.25) is 0 Å². The first kappa shape index (κ1) is 17.7. The molecule has 4 nitrogen and oxygen atoms in total. The fourth-order valence-electron chi connectivity index (χ4n) is 2.74. The minimum atomic E-state index is -0.134. The van der Waals surface area contributed by atoms with Crippen LogP contribution in [0.1, 0.15) is 32.6 Å². The van der Waals surface area contributed by atoms with Crippen molar-refractivity contribution in [1.82, 2.24) is 10.3 Å². The van der Waals surface area contributed by atoms with Crippen LogP contribution in [0.25, 0.3) is 0 Å². The van der Waals surface area contributed by atoms with E-state index < -0.39 is 0 Å². The zero-order chi connectivity index (χ0) is 18.5. The van der Waals surface area contributed by atoms with Gasteiger partial charge in [-0.05, 0) is 55.2 Å². The van der Waals surface area contributed by atoms with Gasteiger partial charge in [0.05, 0.1) is 17.4 Å². The lowest BCUT2D eigenvalue weighted by Gasteiger charge is -2.12. The molecular formula is C22H23N3O. The van der Waals surface area contributed by atoms with E-state index in [9.17, 15) is 4.79 Å². The van der Waals surface area contributed by atoms with Gasteiger partial charge in [-0.1, -0.05) is 36.4 Å². The summed E-state index contributed by atoms with van der Waals surface area (Å²) in [5, 5.41) is 6.31. The summed E-state index contributed by atoms with van der Waals surface area (Å²) < 4.78 is 0. The van der Waals surface area contributed by atoms with E-state index in [-0.39, 0.29) is 5.91 Å². The Balaban J connectivity index is 1.71. The minimum absolute atomic E-state index is 0.134. The molecule has 1 heterocycles. The van der Waals surface area contributed by atoms with Gasteiger partial charge in [0.2, 0.25) is 0 Å². The number of anilines is 2. The lowest BCUT2D eigenvalue weighted by atomic mass is 10.1. The molecule has 0 saturated heterocycles. The molecule has 2 N–H and O–H groups in total. The van der Waals surface area contributed by atoms with Gasteiger partial charge < -0.3 is 10.6 Å². The van der Waals surface area contributed by atoms with Crippen molar-refractivity contribution in [3.63, 3.8) is 0 Å². The van der Waals surface area contributed by atoms with Crippen molar-refractivity contribution < 1.29 is 4.79 Å². The van der Waals surface area contributed by atoms with Gasteiger partial charge in [-0.3, -0.25) is 9.78 Å². The second kappa shape index (κ2) is 7.83. The number of nitrogens with zero attached hydrogens (tertiary/aromatic N) is 1. The molecule has 26 heavy (non-hydrogen) atoms. The van der Waals surface area contributed by atoms with Gasteiger partial charge in [-0.15, -0.1) is 0 Å². The van der Waals surface area contributed by atoms with Crippen LogP contribution in [0.3, 0.4) is 0 Å². The molecule has 0 bridgehead atoms. The first-order valence-corrected chi connectivity index (χ1v) is 8.65. The number of aromatic nitrogens is 1. The fraction of sp³-hybridized carbons (Fsp3) is 0.182. The zero-order valence-corrected chi connectivity index (χ0v) is 15.3. The van der Waals surface area contributed by atoms with E-state index in [0.29, 0.717) is 12.1 Å². The molecule has 3 aromatic rings. The molecule has 132 valence electrons. The number of aryl methyl sites for hydroxylation is 3. The number of rotatable bonds is 5. The minimum Gasteiger partial charge on any atom is -0.354 e. The normalized spacial score (nSPS) is 10.4. The van der Waals surface area contributed by atoms with Crippen molar-refractivity contribution in [3.05, 3.63) is 88.7 Å². The molecule has 1 aromatic heterocycles. The van der Waals surface area contributed by atoms with Crippen LogP contribution in [-0.4, -0.2) is 10.9 Å². The molecule has 0 unspecified atom stereocenters. The van der Waals surface area contributed by atoms with Crippen molar-refractivity contribution in [2.24, 2.45) is 0 Å². The Morgan fingerprint density at radius 3 is 2.58 bits per heavy atom. The third kappa shape index (κ3) is 4.28. The van der Waals surface area contributed by atoms with Crippen LogP contribution in [0.4, 0.5) is 11.4 Å². The van der Waals surface area contributed by atoms with Crippen LogP contribution in [-0.2, 0) is 6.54 Å². The molecule has 0 aliphatic carbocycles. The third-order valence-corrected chi connectivity index (χ3v) is 4.37. The Bertz CT molecular complexity index is 934. The number of nitrogens with one attached hydrogen (secondary N) is 2. The maximum absolute atomic E-state index is 12.5. The molecule has 0 spiro atoms. The predicted molar refractivity (Wildman–Crippen MR) is 106 cm³/mol. The summed E-state index contributed by atoms with van der Waals surface area (Å²) in [6, 6.07) is 16.1. The summed E-state index contributed by atoms with van der Waals surface area (Å²) >= 11 is 0. The number of hydrogen-bond donors (Lipinski definition) is 2. The molecule has 0 aliphatic rings. The molecule has 0 aliphatic heterocycles. The maximum Gasteiger partial charge on any atom is 0.253 e. The van der Waals surface area contributed by atoms with Crippen LogP contribution in [0.5, 0.6) is 0 Å². The van der Waals surface area contributed by atoms with Crippen molar-refractivity contribution in [3.8, 4) is 0 Å². The topological polar surface area (TPSA) is 54.0 Å². The zero-order valence-electron chi connectivity index (χ0n) is 15.3. The van der Waals surface area contributed by atoms with Gasteiger partial charge in [0.25, 0.3) is 5.91 Å². The van der Waals surface area contributed by atoms with E-state index in [1.807, 2.05) is 44.2 Å². The van der Waals surface area contributed by atoms with Crippen molar-refractivity contribution in [1.29, 1.82) is 0 Å². The summed E-state index contributed by atoms with van der Waals surface area (Å²) in [4.78, 5) is 16.7. The Kier molecular flexibility index (Phi) is 5.32. The Hall–Kier alpha value is -3.14. The summed E-state index contributed by atoms with van der Waals surface area (Å²) in [5.74, 6) is -0.134. The van der Waals surface area contributed by atoms with Crippen LogP contribution in [0, 0.1) is 20.8 Å². The highest BCUT2D eigenvalue weighted by atomic mass is 16.1. The third-order valence-electron chi connectivity index (χ3n) is 4.37. The van der Waals surface area contributed by atoms with Gasteiger partial charge in [0.1, 0.15) is 0 Å². The fourth-order valence-corrected chi connectivity index (χ4v) is 2.74. The quantitative estimate of drug-likeness (QED) is 0.706. The highest BCUT2D eigenvalue weighted by Gasteiger charge is 2.08. The van der Waals surface area contributed by atoms with Gasteiger partial charge in [-0.2, -0.15) is 0 Å². The summed E-state index contributed by atoms with van der Waals surface area (Å²) in [5.41, 5.74) is 6.94. The Labute approximate surface area is 154 Å². The van der Waals surface area contributed by atoms with Gasteiger partial charge in [0, 0.05) is 18.4 Å². The average Bonchev–Trinajstić information content (AvgIpc) is 2.64. The van der Waals surface area contributed by atoms with E-state index in [1.165, 1.54) is 5.56 Å². The SMILES string of the molecule is Cc1ccc(C)c(Nc2cncc(C(=O)NCc3ccccc3C)c2)c1. The van der Waals surface area contributed by atoms with E-state index in [1.54, 1.807) is 12.4 Å². The van der Waals surface area contributed by atoms with Gasteiger partial charge in [0.15, 0.2) is 0 Å². The van der Waals surface area contributed by atoms with Gasteiger partial charge in [-0.25, -0.2) is 0 Å². The summed E-state index contributed by atoms with van der Waals surface area (Å²) in [7, 11) is 0. The van der Waals surface area contributed by atoms with Gasteiger partial charge >= 0.3 is 0 Å². The van der Waals surface area contributed by atoms with Crippen molar-refractivity contribution >= 4 is 17.3 Å². The monoisotopic (exact) mass is 345 g/mol. The lowest BCUT2D eigenvalue weighted by Crippen LogP contribution is -2.23.